The predicted octanol–water partition coefficient (Wildman–Crippen LogP) is 6.38. The zero-order valence-corrected chi connectivity index (χ0v) is 21.6. The fourth-order valence-electron chi connectivity index (χ4n) is 5.70. The number of carbonyl (C=O) groups excluding carboxylic acids is 3. The van der Waals surface area contributed by atoms with Gasteiger partial charge in [0.05, 0.1) is 11.4 Å². The molecular formula is C31H31N3O3. The highest BCUT2D eigenvalue weighted by Crippen LogP contribution is 2.43. The maximum atomic E-state index is 13.6. The van der Waals surface area contributed by atoms with Crippen LogP contribution < -0.4 is 14.7 Å². The van der Waals surface area contributed by atoms with Crippen LogP contribution in [-0.4, -0.2) is 29.9 Å². The molecule has 0 aromatic heterocycles. The molecular weight excluding hydrogens is 462 g/mol. The van der Waals surface area contributed by atoms with Gasteiger partial charge in [0.1, 0.15) is 5.57 Å². The minimum absolute atomic E-state index is 0.0448. The second-order valence-corrected chi connectivity index (χ2v) is 10.3. The van der Waals surface area contributed by atoms with Crippen LogP contribution in [0, 0.1) is 0 Å². The van der Waals surface area contributed by atoms with Crippen molar-refractivity contribution in [3.05, 3.63) is 95.6 Å². The van der Waals surface area contributed by atoms with Gasteiger partial charge in [-0.05, 0) is 86.7 Å². The number of hydrogen-bond acceptors (Lipinski definition) is 4. The Morgan fingerprint density at radius 2 is 1.38 bits per heavy atom. The maximum absolute atomic E-state index is 13.6. The highest BCUT2D eigenvalue weighted by atomic mass is 16.2. The van der Waals surface area contributed by atoms with Crippen LogP contribution in [0.25, 0.3) is 6.08 Å². The van der Waals surface area contributed by atoms with Gasteiger partial charge in [-0.1, -0.05) is 49.4 Å². The Hall–Kier alpha value is -4.19. The second kappa shape index (κ2) is 9.36. The lowest BCUT2D eigenvalue weighted by atomic mass is 9.79. The summed E-state index contributed by atoms with van der Waals surface area (Å²) in [7, 11) is 0. The van der Waals surface area contributed by atoms with Crippen molar-refractivity contribution in [1.29, 1.82) is 0 Å². The van der Waals surface area contributed by atoms with Crippen molar-refractivity contribution < 1.29 is 14.4 Å². The average Bonchev–Trinajstić information content (AvgIpc) is 2.88. The molecule has 2 heterocycles. The van der Waals surface area contributed by atoms with Crippen molar-refractivity contribution in [3.63, 3.8) is 0 Å². The molecule has 0 N–H and O–H groups in total. The minimum atomic E-state index is -0.690. The highest BCUT2D eigenvalue weighted by Gasteiger charge is 2.44. The fraction of sp³-hybridized carbons (Fsp3) is 0.258. The summed E-state index contributed by atoms with van der Waals surface area (Å²) in [5.41, 5.74) is 3.96. The lowest BCUT2D eigenvalue weighted by Gasteiger charge is -2.47. The van der Waals surface area contributed by atoms with Gasteiger partial charge in [-0.2, -0.15) is 0 Å². The highest BCUT2D eigenvalue weighted by molar-refractivity contribution is 6.46. The molecule has 6 nitrogen and oxygen atoms in total. The molecule has 5 rings (SSSR count). The largest absolute Gasteiger partial charge is 0.366 e. The number of carbonyl (C=O) groups is 3. The molecule has 3 aromatic carbocycles. The van der Waals surface area contributed by atoms with Crippen molar-refractivity contribution in [2.75, 3.05) is 21.2 Å². The van der Waals surface area contributed by atoms with Crippen LogP contribution in [0.15, 0.2) is 84.4 Å². The molecule has 188 valence electrons. The number of hydrogen-bond donors (Lipinski definition) is 0. The van der Waals surface area contributed by atoms with E-state index in [4.69, 9.17) is 0 Å². The van der Waals surface area contributed by atoms with Gasteiger partial charge >= 0.3 is 6.03 Å². The van der Waals surface area contributed by atoms with E-state index in [-0.39, 0.29) is 11.1 Å². The maximum Gasteiger partial charge on any atom is 0.343 e. The molecule has 0 radical (unpaired) electrons. The third-order valence-electron chi connectivity index (χ3n) is 7.32. The molecule has 0 spiro atoms. The zero-order valence-electron chi connectivity index (χ0n) is 21.6. The van der Waals surface area contributed by atoms with Crippen molar-refractivity contribution in [2.24, 2.45) is 0 Å². The van der Waals surface area contributed by atoms with E-state index in [1.807, 2.05) is 18.2 Å². The van der Waals surface area contributed by atoms with Crippen LogP contribution in [0.5, 0.6) is 0 Å². The van der Waals surface area contributed by atoms with Gasteiger partial charge < -0.3 is 4.90 Å². The molecule has 3 aromatic rings. The van der Waals surface area contributed by atoms with Gasteiger partial charge in [-0.15, -0.1) is 0 Å². The minimum Gasteiger partial charge on any atom is -0.366 e. The molecule has 1 saturated heterocycles. The van der Waals surface area contributed by atoms with Gasteiger partial charge in [0.2, 0.25) is 0 Å². The first-order chi connectivity index (χ1) is 17.7. The summed E-state index contributed by atoms with van der Waals surface area (Å²) in [6.07, 6.45) is 2.62. The number of amides is 4. The monoisotopic (exact) mass is 493 g/mol. The Morgan fingerprint density at radius 3 is 1.89 bits per heavy atom. The third kappa shape index (κ3) is 4.22. The average molecular weight is 494 g/mol. The Kier molecular flexibility index (Phi) is 6.20. The van der Waals surface area contributed by atoms with Gasteiger partial charge in [-0.25, -0.2) is 14.6 Å². The van der Waals surface area contributed by atoms with Crippen molar-refractivity contribution in [2.45, 2.75) is 45.6 Å². The lowest BCUT2D eigenvalue weighted by molar-refractivity contribution is -0.121. The lowest BCUT2D eigenvalue weighted by Crippen LogP contribution is -2.57. The molecule has 0 bridgehead atoms. The summed E-state index contributed by atoms with van der Waals surface area (Å²) < 4.78 is 0. The smallest absolute Gasteiger partial charge is 0.343 e. The summed E-state index contributed by atoms with van der Waals surface area (Å²) in [4.78, 5) is 45.3. The van der Waals surface area contributed by atoms with Gasteiger partial charge in [0.15, 0.2) is 0 Å². The van der Waals surface area contributed by atoms with Crippen LogP contribution in [0.2, 0.25) is 0 Å². The molecule has 2 aliphatic heterocycles. The van der Waals surface area contributed by atoms with Crippen LogP contribution in [0.3, 0.4) is 0 Å². The van der Waals surface area contributed by atoms with Crippen LogP contribution >= 0.6 is 0 Å². The number of urea groups is 1. The number of rotatable bonds is 4. The number of benzene rings is 3. The second-order valence-electron chi connectivity index (χ2n) is 10.3. The SMILES string of the molecule is CCN1c2ccc(C=C3C(=O)N(c4ccccc4)C(=O)N(c4ccccc4)C3=O)cc2C(C)CC1(C)C. The van der Waals surface area contributed by atoms with E-state index >= 15 is 0 Å². The summed E-state index contributed by atoms with van der Waals surface area (Å²) in [5.74, 6) is -0.932. The van der Waals surface area contributed by atoms with Crippen molar-refractivity contribution in [3.8, 4) is 0 Å². The number of nitrogens with zero attached hydrogens (tertiary/aromatic N) is 3. The van der Waals surface area contributed by atoms with Crippen LogP contribution in [-0.2, 0) is 9.59 Å². The Morgan fingerprint density at radius 1 is 0.838 bits per heavy atom. The topological polar surface area (TPSA) is 60.9 Å². The normalized spacial score (nSPS) is 19.2. The Bertz CT molecular complexity index is 1330. The van der Waals surface area contributed by atoms with Gasteiger partial charge in [0, 0.05) is 17.8 Å². The fourth-order valence-corrected chi connectivity index (χ4v) is 5.70. The van der Waals surface area contributed by atoms with E-state index in [0.29, 0.717) is 17.3 Å². The first-order valence-corrected chi connectivity index (χ1v) is 12.7. The van der Waals surface area contributed by atoms with Crippen LogP contribution in [0.4, 0.5) is 21.9 Å². The molecule has 0 saturated carbocycles. The molecule has 0 aliphatic carbocycles. The number of anilines is 3. The first-order valence-electron chi connectivity index (χ1n) is 12.7. The molecule has 2 aliphatic rings. The molecule has 1 unspecified atom stereocenters. The molecule has 37 heavy (non-hydrogen) atoms. The Balaban J connectivity index is 1.62. The summed E-state index contributed by atoms with van der Waals surface area (Å²) in [6.45, 7) is 9.79. The molecule has 1 atom stereocenters. The van der Waals surface area contributed by atoms with E-state index in [1.165, 1.54) is 11.3 Å². The van der Waals surface area contributed by atoms with E-state index < -0.39 is 17.8 Å². The predicted molar refractivity (Wildman–Crippen MR) is 148 cm³/mol. The number of para-hydroxylation sites is 2. The first kappa shape index (κ1) is 24.5. The third-order valence-corrected chi connectivity index (χ3v) is 7.32. The van der Waals surface area contributed by atoms with E-state index in [1.54, 1.807) is 54.6 Å². The number of imide groups is 2. The summed E-state index contributed by atoms with van der Waals surface area (Å²) in [5, 5.41) is 0. The molecule has 1 fully saturated rings. The van der Waals surface area contributed by atoms with Gasteiger partial charge in [0.25, 0.3) is 11.8 Å². The Labute approximate surface area is 217 Å². The number of fused-ring (bicyclic) bond motifs is 1. The quantitative estimate of drug-likeness (QED) is 0.312. The van der Waals surface area contributed by atoms with Crippen molar-refractivity contribution >= 4 is 41.0 Å². The number of barbiturate groups is 1. The van der Waals surface area contributed by atoms with Crippen molar-refractivity contribution in [1.82, 2.24) is 0 Å². The van der Waals surface area contributed by atoms with Crippen LogP contribution in [0.1, 0.15) is 51.2 Å². The standard InChI is InChI=1S/C31H31N3O3/c1-5-32-27-17-16-22(18-25(27)21(2)20-31(32,3)4)19-26-28(35)33(23-12-8-6-9-13-23)30(37)34(29(26)36)24-14-10-7-11-15-24/h6-19,21H,5,20H2,1-4H3. The van der Waals surface area contributed by atoms with E-state index in [2.05, 4.69) is 44.7 Å². The van der Waals surface area contributed by atoms with E-state index in [0.717, 1.165) is 28.3 Å². The summed E-state index contributed by atoms with van der Waals surface area (Å²) >= 11 is 0. The molecule has 6 heteroatoms. The molecule has 4 amide bonds. The zero-order chi connectivity index (χ0) is 26.3. The summed E-state index contributed by atoms with van der Waals surface area (Å²) in [6, 6.07) is 22.8. The van der Waals surface area contributed by atoms with E-state index in [9.17, 15) is 14.4 Å². The van der Waals surface area contributed by atoms with Gasteiger partial charge in [-0.3, -0.25) is 9.59 Å².